The average molecular weight is 638 g/mol. The van der Waals surface area contributed by atoms with Crippen LogP contribution >= 0.6 is 0 Å². The lowest BCUT2D eigenvalue weighted by Gasteiger charge is -2.12. The topological polar surface area (TPSA) is 22.8 Å². The Morgan fingerprint density at radius 3 is 1.68 bits per heavy atom. The number of benzene rings is 7. The molecule has 234 valence electrons. The minimum atomic E-state index is 1.10. The van der Waals surface area contributed by atoms with Gasteiger partial charge in [-0.1, -0.05) is 121 Å². The number of hydrogen-bond acceptors (Lipinski definition) is 1. The van der Waals surface area contributed by atoms with Crippen molar-refractivity contribution in [2.75, 3.05) is 0 Å². The molecule has 0 saturated heterocycles. The normalized spacial score (nSPS) is 11.6. The van der Waals surface area contributed by atoms with Crippen molar-refractivity contribution < 1.29 is 0 Å². The number of fused-ring (bicyclic) bond motifs is 6. The fourth-order valence-corrected chi connectivity index (χ4v) is 7.64. The highest BCUT2D eigenvalue weighted by molar-refractivity contribution is 6.12. The molecule has 0 aliphatic heterocycles. The Balaban J connectivity index is 1.12. The summed E-state index contributed by atoms with van der Waals surface area (Å²) in [6.07, 6.45) is 3.87. The van der Waals surface area contributed by atoms with E-state index in [1.165, 1.54) is 66.0 Å². The highest BCUT2D eigenvalue weighted by Gasteiger charge is 2.16. The summed E-state index contributed by atoms with van der Waals surface area (Å²) in [5.74, 6) is 0. The van der Waals surface area contributed by atoms with Crippen molar-refractivity contribution in [1.29, 1.82) is 0 Å². The molecule has 3 heteroatoms. The van der Waals surface area contributed by atoms with Crippen molar-refractivity contribution in [2.24, 2.45) is 0 Å². The van der Waals surface area contributed by atoms with E-state index in [1.54, 1.807) is 0 Å². The molecule has 10 aromatic rings. The second kappa shape index (κ2) is 11.5. The zero-order chi connectivity index (χ0) is 33.0. The molecule has 0 atom stereocenters. The number of pyridine rings is 1. The lowest BCUT2D eigenvalue weighted by atomic mass is 10.0. The Morgan fingerprint density at radius 2 is 0.860 bits per heavy atom. The second-order valence-electron chi connectivity index (χ2n) is 12.9. The number of nitrogens with zero attached hydrogens (tertiary/aromatic N) is 3. The van der Waals surface area contributed by atoms with E-state index in [1.807, 2.05) is 12.4 Å². The van der Waals surface area contributed by atoms with E-state index >= 15 is 0 Å². The van der Waals surface area contributed by atoms with E-state index in [9.17, 15) is 0 Å². The second-order valence-corrected chi connectivity index (χ2v) is 12.9. The molecule has 7 aromatic carbocycles. The Bertz CT molecular complexity index is 2840. The maximum atomic E-state index is 4.54. The van der Waals surface area contributed by atoms with Crippen LogP contribution in [0.2, 0.25) is 0 Å². The Kier molecular flexibility index (Phi) is 6.49. The summed E-state index contributed by atoms with van der Waals surface area (Å²) in [5, 5.41) is 4.90. The van der Waals surface area contributed by atoms with Crippen LogP contribution in [0.15, 0.2) is 188 Å². The molecule has 0 unspecified atom stereocenters. The maximum absolute atomic E-state index is 4.54. The first kappa shape index (κ1) is 28.3. The zero-order valence-electron chi connectivity index (χ0n) is 27.2. The van der Waals surface area contributed by atoms with Crippen molar-refractivity contribution in [3.05, 3.63) is 188 Å². The van der Waals surface area contributed by atoms with Crippen LogP contribution in [0.5, 0.6) is 0 Å². The van der Waals surface area contributed by atoms with E-state index in [0.717, 1.165) is 22.4 Å². The smallest absolute Gasteiger partial charge is 0.0724 e. The highest BCUT2D eigenvalue weighted by atomic mass is 15.0. The summed E-state index contributed by atoms with van der Waals surface area (Å²) >= 11 is 0. The molecule has 0 bridgehead atoms. The van der Waals surface area contributed by atoms with Gasteiger partial charge in [-0.3, -0.25) is 4.98 Å². The summed E-state index contributed by atoms with van der Waals surface area (Å²) in [7, 11) is 0. The molecule has 0 spiro atoms. The molecule has 50 heavy (non-hydrogen) atoms. The number of para-hydroxylation sites is 1. The largest absolute Gasteiger partial charge is 0.309 e. The van der Waals surface area contributed by atoms with Gasteiger partial charge < -0.3 is 9.13 Å². The van der Waals surface area contributed by atoms with Crippen LogP contribution < -0.4 is 0 Å². The van der Waals surface area contributed by atoms with Gasteiger partial charge in [0.05, 0.1) is 28.3 Å². The summed E-state index contributed by atoms with van der Waals surface area (Å²) in [5.41, 5.74) is 14.1. The summed E-state index contributed by atoms with van der Waals surface area (Å²) < 4.78 is 4.74. The lowest BCUT2D eigenvalue weighted by molar-refractivity contribution is 1.17. The van der Waals surface area contributed by atoms with Gasteiger partial charge in [-0.2, -0.15) is 0 Å². The van der Waals surface area contributed by atoms with E-state index in [-0.39, 0.29) is 0 Å². The van der Waals surface area contributed by atoms with Crippen molar-refractivity contribution in [3.63, 3.8) is 0 Å². The van der Waals surface area contributed by atoms with Crippen LogP contribution in [0, 0.1) is 0 Å². The minimum Gasteiger partial charge on any atom is -0.309 e. The van der Waals surface area contributed by atoms with Crippen molar-refractivity contribution in [2.45, 2.75) is 0 Å². The van der Waals surface area contributed by atoms with Gasteiger partial charge in [0, 0.05) is 39.1 Å². The number of hydrogen-bond donors (Lipinski definition) is 0. The van der Waals surface area contributed by atoms with Crippen LogP contribution in [0.4, 0.5) is 0 Å². The maximum Gasteiger partial charge on any atom is 0.0724 e. The van der Waals surface area contributed by atoms with E-state index in [2.05, 4.69) is 190 Å². The molecule has 3 aromatic heterocycles. The summed E-state index contributed by atoms with van der Waals surface area (Å²) in [4.78, 5) is 4.54. The van der Waals surface area contributed by atoms with Crippen LogP contribution in [-0.4, -0.2) is 14.1 Å². The molecule has 0 aliphatic carbocycles. The van der Waals surface area contributed by atoms with E-state index in [0.29, 0.717) is 0 Å². The van der Waals surface area contributed by atoms with Crippen LogP contribution in [0.1, 0.15) is 0 Å². The van der Waals surface area contributed by atoms with Crippen LogP contribution in [0.3, 0.4) is 0 Å². The highest BCUT2D eigenvalue weighted by Crippen LogP contribution is 2.38. The van der Waals surface area contributed by atoms with Crippen LogP contribution in [-0.2, 0) is 0 Å². The van der Waals surface area contributed by atoms with Gasteiger partial charge in [0.25, 0.3) is 0 Å². The molecule has 0 saturated carbocycles. The third-order valence-electron chi connectivity index (χ3n) is 10.0. The SMILES string of the molecule is c1ccc(-c2ccc(-n3c4ccc(-c5ccc6c7ccccc7n(-c7cccc(-c8ccccc8)c7)c6c5)cc4c4ccncc43)cc2)cc1. The fraction of sp³-hybridized carbons (Fsp3) is 0. The van der Waals surface area contributed by atoms with Gasteiger partial charge in [-0.15, -0.1) is 0 Å². The molecule has 0 radical (unpaired) electrons. The zero-order valence-corrected chi connectivity index (χ0v) is 27.2. The molecule has 0 amide bonds. The average Bonchev–Trinajstić information content (AvgIpc) is 3.71. The fourth-order valence-electron chi connectivity index (χ4n) is 7.64. The predicted molar refractivity (Wildman–Crippen MR) is 209 cm³/mol. The van der Waals surface area contributed by atoms with Gasteiger partial charge in [-0.25, -0.2) is 0 Å². The Labute approximate surface area is 290 Å². The van der Waals surface area contributed by atoms with Gasteiger partial charge in [0.1, 0.15) is 0 Å². The molecule has 3 nitrogen and oxygen atoms in total. The molecule has 10 rings (SSSR count). The number of rotatable bonds is 5. The predicted octanol–water partition coefficient (Wildman–Crippen LogP) is 12.3. The number of aromatic nitrogens is 3. The Hall–Kier alpha value is -6.71. The van der Waals surface area contributed by atoms with Gasteiger partial charge >= 0.3 is 0 Å². The third-order valence-corrected chi connectivity index (χ3v) is 10.0. The first-order valence-electron chi connectivity index (χ1n) is 17.0. The van der Waals surface area contributed by atoms with E-state index < -0.39 is 0 Å². The van der Waals surface area contributed by atoms with Gasteiger partial charge in [0.2, 0.25) is 0 Å². The monoisotopic (exact) mass is 637 g/mol. The van der Waals surface area contributed by atoms with Gasteiger partial charge in [-0.05, 0) is 88.0 Å². The quantitative estimate of drug-likeness (QED) is 0.184. The molecule has 0 aliphatic rings. The third kappa shape index (κ3) is 4.56. The molecule has 3 heterocycles. The van der Waals surface area contributed by atoms with Crippen molar-refractivity contribution in [3.8, 4) is 44.8 Å². The first-order chi connectivity index (χ1) is 24.8. The summed E-state index contributed by atoms with van der Waals surface area (Å²) in [6.45, 7) is 0. The van der Waals surface area contributed by atoms with E-state index in [4.69, 9.17) is 0 Å². The lowest BCUT2D eigenvalue weighted by Crippen LogP contribution is -1.95. The molecule has 0 N–H and O–H groups in total. The minimum absolute atomic E-state index is 1.10. The first-order valence-corrected chi connectivity index (χ1v) is 17.0. The molecular formula is C47H31N3. The summed E-state index contributed by atoms with van der Waals surface area (Å²) in [6, 6.07) is 63.5. The standard InChI is InChI=1S/C47H31N3/c1-3-10-32(11-4-1)34-18-22-38(23-19-34)49-45-25-21-36(29-43(45)42-26-27-48-31-47(42)49)37-20-24-41-40-16-7-8-17-44(40)50(46(41)30-37)39-15-9-14-35(28-39)33-12-5-2-6-13-33/h1-31H. The molecular weight excluding hydrogens is 607 g/mol. The van der Waals surface area contributed by atoms with Crippen molar-refractivity contribution in [1.82, 2.24) is 14.1 Å². The molecule has 0 fully saturated rings. The van der Waals surface area contributed by atoms with Gasteiger partial charge in [0.15, 0.2) is 0 Å². The van der Waals surface area contributed by atoms with Crippen molar-refractivity contribution >= 4 is 43.6 Å². The Morgan fingerprint density at radius 1 is 0.300 bits per heavy atom. The van der Waals surface area contributed by atoms with Crippen LogP contribution in [0.25, 0.3) is 88.4 Å².